The van der Waals surface area contributed by atoms with Crippen LogP contribution >= 0.6 is 0 Å². The van der Waals surface area contributed by atoms with Gasteiger partial charge in [0.2, 0.25) is 5.91 Å². The minimum absolute atomic E-state index is 0.204. The van der Waals surface area contributed by atoms with Crippen LogP contribution in [0.2, 0.25) is 0 Å². The van der Waals surface area contributed by atoms with Crippen LogP contribution in [0.5, 0.6) is 0 Å². The zero-order chi connectivity index (χ0) is 22.5. The number of benzene rings is 2. The van der Waals surface area contributed by atoms with Gasteiger partial charge in [0.25, 0.3) is 0 Å². The van der Waals surface area contributed by atoms with Crippen LogP contribution in [0.4, 0.5) is 4.39 Å². The first kappa shape index (κ1) is 21.9. The molecule has 0 radical (unpaired) electrons. The summed E-state index contributed by atoms with van der Waals surface area (Å²) in [6.45, 7) is 0.888. The zero-order valence-electron chi connectivity index (χ0n) is 17.5. The van der Waals surface area contributed by atoms with Crippen LogP contribution in [0.1, 0.15) is 12.8 Å². The third-order valence-electron chi connectivity index (χ3n) is 5.17. The summed E-state index contributed by atoms with van der Waals surface area (Å²) in [6.07, 6.45) is 5.22. The van der Waals surface area contributed by atoms with Crippen LogP contribution in [-0.2, 0) is 15.8 Å². The quantitative estimate of drug-likeness (QED) is 0.436. The van der Waals surface area contributed by atoms with Crippen molar-refractivity contribution in [2.75, 3.05) is 13.6 Å². The van der Waals surface area contributed by atoms with Gasteiger partial charge in [-0.2, -0.15) is 0 Å². The lowest BCUT2D eigenvalue weighted by molar-refractivity contribution is -0.119. The van der Waals surface area contributed by atoms with Crippen molar-refractivity contribution in [1.82, 2.24) is 20.0 Å². The number of hydrogen-bond acceptors (Lipinski definition) is 3. The number of fused-ring (bicyclic) bond motifs is 1. The molecular weight excluding hydrogens is 427 g/mol. The predicted molar refractivity (Wildman–Crippen MR) is 125 cm³/mol. The first-order valence-corrected chi connectivity index (χ1v) is 11.4. The minimum Gasteiger partial charge on any atom is -0.356 e. The highest BCUT2D eigenvalue weighted by molar-refractivity contribution is 7.83. The van der Waals surface area contributed by atoms with Crippen molar-refractivity contribution in [2.24, 2.45) is 0 Å². The van der Waals surface area contributed by atoms with E-state index in [0.717, 1.165) is 36.0 Å². The number of rotatable bonds is 4. The van der Waals surface area contributed by atoms with E-state index in [1.54, 1.807) is 31.6 Å². The van der Waals surface area contributed by atoms with E-state index in [9.17, 15) is 13.4 Å². The third-order valence-corrected chi connectivity index (χ3v) is 6.29. The zero-order valence-corrected chi connectivity index (χ0v) is 18.3. The summed E-state index contributed by atoms with van der Waals surface area (Å²) in [4.78, 5) is 18.1. The summed E-state index contributed by atoms with van der Waals surface area (Å²) in [5, 5.41) is 3.61. The minimum atomic E-state index is -1.35. The second kappa shape index (κ2) is 9.84. The number of hydrogen-bond donors (Lipinski definition) is 3. The Balaban J connectivity index is 0.000000354. The number of amides is 1. The largest absolute Gasteiger partial charge is 0.356 e. The Bertz CT molecular complexity index is 1280. The van der Waals surface area contributed by atoms with Gasteiger partial charge in [-0.25, -0.2) is 18.3 Å². The molecule has 1 saturated heterocycles. The standard InChI is InChI=1S/C20H16FN3OS.C4H7NO/c1-22-26(25)19-5-3-2-4-17(19)13-6-7-16(18(21)11-13)15-10-14-8-9-23-20(14)24-12-15;6-4-2-1-3-5-4/h2-12,22H,1H3,(H,23,24);1-3H2,(H,5,6). The lowest BCUT2D eigenvalue weighted by Gasteiger charge is -2.11. The smallest absolute Gasteiger partial charge is 0.220 e. The molecule has 1 unspecified atom stereocenters. The molecule has 32 heavy (non-hydrogen) atoms. The van der Waals surface area contributed by atoms with Crippen LogP contribution < -0.4 is 10.0 Å². The number of halogens is 1. The molecule has 8 heteroatoms. The van der Waals surface area contributed by atoms with Gasteiger partial charge in [-0.15, -0.1) is 0 Å². The summed E-state index contributed by atoms with van der Waals surface area (Å²) >= 11 is 0. The Hall–Kier alpha value is -3.36. The summed E-state index contributed by atoms with van der Waals surface area (Å²) in [6, 6.07) is 16.1. The molecule has 0 spiro atoms. The van der Waals surface area contributed by atoms with Crippen LogP contribution in [0, 0.1) is 5.82 Å². The molecule has 2 aromatic carbocycles. The number of aromatic amines is 1. The number of nitrogens with zero attached hydrogens (tertiary/aromatic N) is 1. The molecule has 1 atom stereocenters. The van der Waals surface area contributed by atoms with E-state index in [1.165, 1.54) is 6.07 Å². The van der Waals surface area contributed by atoms with Gasteiger partial charge in [-0.05, 0) is 48.9 Å². The SMILES string of the molecule is CNS(=O)c1ccccc1-c1ccc(-c2cnc3[nH]ccc3c2)c(F)c1.O=C1CCCN1. The number of nitrogens with one attached hydrogen (secondary N) is 3. The van der Waals surface area contributed by atoms with E-state index in [4.69, 9.17) is 0 Å². The molecule has 1 amide bonds. The Morgan fingerprint density at radius 1 is 1.06 bits per heavy atom. The van der Waals surface area contributed by atoms with E-state index >= 15 is 0 Å². The maximum Gasteiger partial charge on any atom is 0.220 e. The van der Waals surface area contributed by atoms with Crippen LogP contribution in [0.25, 0.3) is 33.3 Å². The van der Waals surface area contributed by atoms with Gasteiger partial charge in [-0.1, -0.05) is 30.3 Å². The molecule has 0 saturated carbocycles. The van der Waals surface area contributed by atoms with Gasteiger partial charge >= 0.3 is 0 Å². The highest BCUT2D eigenvalue weighted by Crippen LogP contribution is 2.31. The lowest BCUT2D eigenvalue weighted by atomic mass is 10.00. The lowest BCUT2D eigenvalue weighted by Crippen LogP contribution is -2.12. The highest BCUT2D eigenvalue weighted by atomic mass is 32.2. The van der Waals surface area contributed by atoms with Gasteiger partial charge in [0.05, 0.1) is 4.90 Å². The second-order valence-electron chi connectivity index (χ2n) is 7.26. The average molecular weight is 451 g/mol. The van der Waals surface area contributed by atoms with E-state index in [0.29, 0.717) is 21.6 Å². The maximum atomic E-state index is 14.8. The Kier molecular flexibility index (Phi) is 6.72. The van der Waals surface area contributed by atoms with Gasteiger partial charge in [0.15, 0.2) is 0 Å². The van der Waals surface area contributed by atoms with E-state index in [1.807, 2.05) is 36.4 Å². The van der Waals surface area contributed by atoms with Crippen molar-refractivity contribution in [3.05, 3.63) is 72.8 Å². The molecule has 164 valence electrons. The topological polar surface area (TPSA) is 86.9 Å². The molecular formula is C24H23FN4O2S. The fraction of sp³-hybridized carbons (Fsp3) is 0.167. The van der Waals surface area contributed by atoms with E-state index in [2.05, 4.69) is 20.0 Å². The van der Waals surface area contributed by atoms with Crippen LogP contribution in [0.15, 0.2) is 71.9 Å². The third kappa shape index (κ3) is 4.76. The van der Waals surface area contributed by atoms with Crippen LogP contribution in [-0.4, -0.2) is 33.7 Å². The average Bonchev–Trinajstić information content (AvgIpc) is 3.49. The number of carbonyl (C=O) groups excluding carboxylic acids is 1. The van der Waals surface area contributed by atoms with Crippen LogP contribution in [0.3, 0.4) is 0 Å². The van der Waals surface area contributed by atoms with Gasteiger partial charge < -0.3 is 10.3 Å². The Morgan fingerprint density at radius 3 is 2.59 bits per heavy atom. The van der Waals surface area contributed by atoms with Crippen molar-refractivity contribution in [3.8, 4) is 22.3 Å². The predicted octanol–water partition coefficient (Wildman–Crippen LogP) is 4.17. The highest BCUT2D eigenvalue weighted by Gasteiger charge is 2.13. The number of pyridine rings is 1. The fourth-order valence-corrected chi connectivity index (χ4v) is 4.35. The number of H-pyrrole nitrogens is 1. The van der Waals surface area contributed by atoms with Gasteiger partial charge in [-0.3, -0.25) is 4.79 Å². The Morgan fingerprint density at radius 2 is 1.91 bits per heavy atom. The molecule has 4 aromatic rings. The summed E-state index contributed by atoms with van der Waals surface area (Å²) in [5.41, 5.74) is 3.39. The van der Waals surface area contributed by atoms with E-state index < -0.39 is 11.0 Å². The molecule has 5 rings (SSSR count). The maximum absolute atomic E-state index is 14.8. The van der Waals surface area contributed by atoms with Crippen molar-refractivity contribution < 1.29 is 13.4 Å². The number of aromatic nitrogens is 2. The first-order valence-electron chi connectivity index (χ1n) is 10.2. The van der Waals surface area contributed by atoms with Crippen molar-refractivity contribution in [1.29, 1.82) is 0 Å². The molecule has 1 aliphatic heterocycles. The molecule has 1 fully saturated rings. The second-order valence-corrected chi connectivity index (χ2v) is 8.64. The summed E-state index contributed by atoms with van der Waals surface area (Å²) < 4.78 is 29.7. The molecule has 2 aromatic heterocycles. The van der Waals surface area contributed by atoms with Crippen molar-refractivity contribution in [3.63, 3.8) is 0 Å². The number of carbonyl (C=O) groups is 1. The normalized spacial score (nSPS) is 14.0. The molecule has 0 bridgehead atoms. The van der Waals surface area contributed by atoms with Gasteiger partial charge in [0.1, 0.15) is 22.5 Å². The molecule has 6 nitrogen and oxygen atoms in total. The van der Waals surface area contributed by atoms with Crippen molar-refractivity contribution >= 4 is 27.9 Å². The Labute approximate surface area is 187 Å². The van der Waals surface area contributed by atoms with E-state index in [-0.39, 0.29) is 11.7 Å². The first-order chi connectivity index (χ1) is 15.6. The summed E-state index contributed by atoms with van der Waals surface area (Å²) in [7, 11) is 0.278. The van der Waals surface area contributed by atoms with Crippen molar-refractivity contribution in [2.45, 2.75) is 17.7 Å². The molecule has 3 N–H and O–H groups in total. The summed E-state index contributed by atoms with van der Waals surface area (Å²) in [5.74, 6) is -0.140. The van der Waals surface area contributed by atoms with Gasteiger partial charge in [0, 0.05) is 41.9 Å². The molecule has 0 aliphatic carbocycles. The monoisotopic (exact) mass is 450 g/mol. The fourth-order valence-electron chi connectivity index (χ4n) is 3.55. The molecule has 1 aliphatic rings. The molecule has 3 heterocycles.